The van der Waals surface area contributed by atoms with Gasteiger partial charge in [0.05, 0.1) is 29.1 Å². The van der Waals surface area contributed by atoms with Gasteiger partial charge in [-0.15, -0.1) is 0 Å². The third-order valence-electron chi connectivity index (χ3n) is 5.97. The molecule has 1 aliphatic heterocycles. The number of ether oxygens (including phenoxy) is 1. The van der Waals surface area contributed by atoms with Gasteiger partial charge >= 0.3 is 0 Å². The summed E-state index contributed by atoms with van der Waals surface area (Å²) in [4.78, 5) is 17.5. The van der Waals surface area contributed by atoms with Crippen molar-refractivity contribution in [2.75, 3.05) is 31.6 Å². The van der Waals surface area contributed by atoms with Crippen LogP contribution in [0.25, 0.3) is 11.0 Å². The number of amides is 1. The van der Waals surface area contributed by atoms with Gasteiger partial charge in [0.1, 0.15) is 5.82 Å². The number of morpholine rings is 1. The molecule has 2 heterocycles. The van der Waals surface area contributed by atoms with Gasteiger partial charge in [-0.1, -0.05) is 12.1 Å². The Morgan fingerprint density at radius 3 is 2.61 bits per heavy atom. The number of sulfonamides is 1. The van der Waals surface area contributed by atoms with Gasteiger partial charge in [0.25, 0.3) is 0 Å². The summed E-state index contributed by atoms with van der Waals surface area (Å²) in [5.74, 6) is 0.693. The minimum Gasteiger partial charge on any atom is -0.379 e. The van der Waals surface area contributed by atoms with Crippen molar-refractivity contribution < 1.29 is 17.9 Å². The molecule has 0 spiro atoms. The van der Waals surface area contributed by atoms with Crippen molar-refractivity contribution >= 4 is 32.7 Å². The highest BCUT2D eigenvalue weighted by Gasteiger charge is 2.27. The Labute approximate surface area is 194 Å². The first-order chi connectivity index (χ1) is 15.8. The molecule has 0 aliphatic carbocycles. The lowest BCUT2D eigenvalue weighted by Crippen LogP contribution is -2.40. The number of nitrogens with zero attached hydrogens (tertiary/aromatic N) is 3. The first kappa shape index (κ1) is 23.4. The Morgan fingerprint density at radius 2 is 1.88 bits per heavy atom. The van der Waals surface area contributed by atoms with Gasteiger partial charge in [0.2, 0.25) is 15.9 Å². The fraction of sp³-hybridized carbons (Fsp3) is 0.417. The molecule has 4 rings (SSSR count). The van der Waals surface area contributed by atoms with Gasteiger partial charge < -0.3 is 14.6 Å². The number of benzene rings is 2. The zero-order chi connectivity index (χ0) is 23.6. The molecule has 0 atom stereocenters. The summed E-state index contributed by atoms with van der Waals surface area (Å²) in [5, 5.41) is 2.99. The number of rotatable bonds is 7. The molecule has 3 aromatic rings. The van der Waals surface area contributed by atoms with Crippen molar-refractivity contribution in [3.05, 3.63) is 53.3 Å². The third kappa shape index (κ3) is 4.95. The number of aryl methyl sites for hydroxylation is 4. The number of hydrogen-bond donors (Lipinski definition) is 1. The van der Waals surface area contributed by atoms with Crippen molar-refractivity contribution in [3.63, 3.8) is 0 Å². The lowest BCUT2D eigenvalue weighted by atomic mass is 10.1. The van der Waals surface area contributed by atoms with E-state index in [0.717, 1.165) is 28.2 Å². The molecule has 1 N–H and O–H groups in total. The molecule has 1 aliphatic rings. The van der Waals surface area contributed by atoms with Crippen LogP contribution in [0.5, 0.6) is 0 Å². The van der Waals surface area contributed by atoms with Crippen LogP contribution < -0.4 is 5.32 Å². The van der Waals surface area contributed by atoms with E-state index in [1.165, 1.54) is 4.31 Å². The standard InChI is InChI=1S/C24H30N4O4S/c1-4-28-22-8-7-19(33(30,31)27-11-13-32-14-12-27)16-21(22)25-23(28)9-10-24(29)26-20-15-17(2)5-6-18(20)3/h5-8,15-16H,4,9-14H2,1-3H3,(H,26,29). The molecule has 33 heavy (non-hydrogen) atoms. The topological polar surface area (TPSA) is 93.5 Å². The molecule has 8 nitrogen and oxygen atoms in total. The second-order valence-corrected chi connectivity index (χ2v) is 10.2. The fourth-order valence-electron chi connectivity index (χ4n) is 4.11. The van der Waals surface area contributed by atoms with E-state index in [0.29, 0.717) is 44.8 Å². The monoisotopic (exact) mass is 470 g/mol. The van der Waals surface area contributed by atoms with E-state index < -0.39 is 10.0 Å². The lowest BCUT2D eigenvalue weighted by molar-refractivity contribution is -0.116. The van der Waals surface area contributed by atoms with Crippen molar-refractivity contribution in [1.82, 2.24) is 13.9 Å². The highest BCUT2D eigenvalue weighted by molar-refractivity contribution is 7.89. The first-order valence-electron chi connectivity index (χ1n) is 11.2. The third-order valence-corrected chi connectivity index (χ3v) is 7.86. The number of aromatic nitrogens is 2. The molecule has 176 valence electrons. The molecule has 1 saturated heterocycles. The van der Waals surface area contributed by atoms with E-state index in [1.807, 2.05) is 43.5 Å². The number of imidazole rings is 1. The van der Waals surface area contributed by atoms with Crippen molar-refractivity contribution in [3.8, 4) is 0 Å². The van der Waals surface area contributed by atoms with Crippen LogP contribution in [-0.4, -0.2) is 54.5 Å². The van der Waals surface area contributed by atoms with E-state index in [1.54, 1.807) is 18.2 Å². The summed E-state index contributed by atoms with van der Waals surface area (Å²) in [7, 11) is -3.59. The van der Waals surface area contributed by atoms with Crippen molar-refractivity contribution in [2.24, 2.45) is 0 Å². The Kier molecular flexibility index (Phi) is 6.83. The van der Waals surface area contributed by atoms with Crippen molar-refractivity contribution in [1.29, 1.82) is 0 Å². The Balaban J connectivity index is 1.53. The second kappa shape index (κ2) is 9.62. The predicted molar refractivity (Wildman–Crippen MR) is 128 cm³/mol. The van der Waals surface area contributed by atoms with Crippen LogP contribution in [0.4, 0.5) is 5.69 Å². The molecule has 1 amide bonds. The number of nitrogens with one attached hydrogen (secondary N) is 1. The van der Waals surface area contributed by atoms with Crippen LogP contribution in [0.2, 0.25) is 0 Å². The van der Waals surface area contributed by atoms with Crippen LogP contribution in [0.1, 0.15) is 30.3 Å². The first-order valence-corrected chi connectivity index (χ1v) is 12.7. The van der Waals surface area contributed by atoms with E-state index in [-0.39, 0.29) is 17.2 Å². The molecule has 0 saturated carbocycles. The average molecular weight is 471 g/mol. The SMILES string of the molecule is CCn1c(CCC(=O)Nc2cc(C)ccc2C)nc2cc(S(=O)(=O)N3CCOCC3)ccc21. The van der Waals surface area contributed by atoms with Crippen LogP contribution in [0.15, 0.2) is 41.3 Å². The number of fused-ring (bicyclic) bond motifs is 1. The maximum atomic E-state index is 13.0. The maximum absolute atomic E-state index is 13.0. The number of anilines is 1. The quantitative estimate of drug-likeness (QED) is 0.572. The summed E-state index contributed by atoms with van der Waals surface area (Å²) in [6, 6.07) is 11.0. The van der Waals surface area contributed by atoms with Gasteiger partial charge in [0, 0.05) is 38.2 Å². The van der Waals surface area contributed by atoms with Gasteiger partial charge in [0.15, 0.2) is 0 Å². The zero-order valence-electron chi connectivity index (χ0n) is 19.3. The van der Waals surface area contributed by atoms with Gasteiger partial charge in [-0.05, 0) is 56.2 Å². The molecule has 0 radical (unpaired) electrons. The summed E-state index contributed by atoms with van der Waals surface area (Å²) >= 11 is 0. The van der Waals surface area contributed by atoms with Gasteiger partial charge in [-0.25, -0.2) is 13.4 Å². The van der Waals surface area contributed by atoms with Crippen LogP contribution in [0.3, 0.4) is 0 Å². The number of hydrogen-bond acceptors (Lipinski definition) is 5. The zero-order valence-corrected chi connectivity index (χ0v) is 20.1. The van der Waals surface area contributed by atoms with Crippen molar-refractivity contribution in [2.45, 2.75) is 45.1 Å². The summed E-state index contributed by atoms with van der Waals surface area (Å²) in [5.41, 5.74) is 4.41. The summed E-state index contributed by atoms with van der Waals surface area (Å²) in [6.07, 6.45) is 0.750. The largest absolute Gasteiger partial charge is 0.379 e. The molecule has 0 unspecified atom stereocenters. The molecule has 1 aromatic heterocycles. The Morgan fingerprint density at radius 1 is 1.12 bits per heavy atom. The summed E-state index contributed by atoms with van der Waals surface area (Å²) in [6.45, 7) is 8.16. The highest BCUT2D eigenvalue weighted by Crippen LogP contribution is 2.24. The highest BCUT2D eigenvalue weighted by atomic mass is 32.2. The fourth-order valence-corrected chi connectivity index (χ4v) is 5.54. The predicted octanol–water partition coefficient (Wildman–Crippen LogP) is 3.27. The normalized spacial score (nSPS) is 15.1. The van der Waals surface area contributed by atoms with Crippen LogP contribution >= 0.6 is 0 Å². The maximum Gasteiger partial charge on any atom is 0.243 e. The molecule has 2 aromatic carbocycles. The van der Waals surface area contributed by atoms with Crippen LogP contribution in [-0.2, 0) is 32.5 Å². The molecular formula is C24H30N4O4S. The smallest absolute Gasteiger partial charge is 0.243 e. The van der Waals surface area contributed by atoms with E-state index in [2.05, 4.69) is 10.3 Å². The van der Waals surface area contributed by atoms with Gasteiger partial charge in [-0.3, -0.25) is 4.79 Å². The average Bonchev–Trinajstić information content (AvgIpc) is 3.17. The number of carbonyl (C=O) groups excluding carboxylic acids is 1. The Bertz CT molecular complexity index is 1280. The van der Waals surface area contributed by atoms with E-state index in [9.17, 15) is 13.2 Å². The molecule has 0 bridgehead atoms. The second-order valence-electron chi connectivity index (χ2n) is 8.31. The van der Waals surface area contributed by atoms with Gasteiger partial charge in [-0.2, -0.15) is 4.31 Å². The molecule has 1 fully saturated rings. The van der Waals surface area contributed by atoms with E-state index >= 15 is 0 Å². The molecule has 9 heteroatoms. The Hall–Kier alpha value is -2.75. The summed E-state index contributed by atoms with van der Waals surface area (Å²) < 4.78 is 34.8. The van der Waals surface area contributed by atoms with Crippen LogP contribution in [0, 0.1) is 13.8 Å². The number of carbonyl (C=O) groups is 1. The minimum absolute atomic E-state index is 0.0750. The lowest BCUT2D eigenvalue weighted by Gasteiger charge is -2.26. The van der Waals surface area contributed by atoms with E-state index in [4.69, 9.17) is 4.74 Å². The minimum atomic E-state index is -3.59. The molecular weight excluding hydrogens is 440 g/mol.